The van der Waals surface area contributed by atoms with Crippen molar-refractivity contribution >= 4 is 33.8 Å². The molecule has 1 heterocycles. The highest BCUT2D eigenvalue weighted by Gasteiger charge is 2.07. The lowest BCUT2D eigenvalue weighted by Crippen LogP contribution is -2.26. The minimum Gasteiger partial charge on any atom is -0.372 e. The summed E-state index contributed by atoms with van der Waals surface area (Å²) in [5.74, 6) is 0. The normalized spacial score (nSPS) is 11.5. The molecule has 1 aromatic heterocycles. The summed E-state index contributed by atoms with van der Waals surface area (Å²) in [6.07, 6.45) is 36.6. The molecule has 0 saturated heterocycles. The average molecular weight is 627 g/mol. The van der Waals surface area contributed by atoms with Crippen molar-refractivity contribution < 1.29 is 4.57 Å². The Kier molecular flexibility index (Phi) is 20.7. The second-order valence-electron chi connectivity index (χ2n) is 12.2. The van der Waals surface area contributed by atoms with Gasteiger partial charge in [-0.15, -0.1) is 0 Å². The first-order valence-corrected chi connectivity index (χ1v) is 18.1. The number of benzene rings is 1. The number of halogens is 1. The van der Waals surface area contributed by atoms with E-state index in [1.54, 1.807) is 0 Å². The van der Waals surface area contributed by atoms with Crippen molar-refractivity contribution in [2.75, 3.05) is 18.0 Å². The van der Waals surface area contributed by atoms with Gasteiger partial charge in [0.2, 0.25) is 0 Å². The van der Waals surface area contributed by atoms with Crippen LogP contribution in [0.3, 0.4) is 0 Å². The number of hydrogen-bond donors (Lipinski definition) is 0. The van der Waals surface area contributed by atoms with E-state index in [0.717, 1.165) is 4.47 Å². The van der Waals surface area contributed by atoms with Crippen LogP contribution in [-0.4, -0.2) is 13.1 Å². The predicted octanol–water partition coefficient (Wildman–Crippen LogP) is 12.1. The lowest BCUT2D eigenvalue weighted by Gasteiger charge is -2.25. The molecule has 41 heavy (non-hydrogen) atoms. The van der Waals surface area contributed by atoms with Crippen LogP contribution in [0, 0.1) is 0 Å². The van der Waals surface area contributed by atoms with Gasteiger partial charge in [0.15, 0.2) is 12.4 Å². The maximum absolute atomic E-state index is 3.68. The number of pyridine rings is 1. The van der Waals surface area contributed by atoms with Gasteiger partial charge in [-0.25, -0.2) is 4.57 Å². The van der Waals surface area contributed by atoms with E-state index >= 15 is 0 Å². The highest BCUT2D eigenvalue weighted by molar-refractivity contribution is 9.10. The molecule has 0 N–H and O–H groups in total. The van der Waals surface area contributed by atoms with Crippen LogP contribution in [0.2, 0.25) is 0 Å². The molecular formula is C38H62BrN2+. The van der Waals surface area contributed by atoms with Crippen LogP contribution in [0.25, 0.3) is 12.2 Å². The maximum Gasteiger partial charge on any atom is 0.183 e. The molecule has 0 fully saturated rings. The summed E-state index contributed by atoms with van der Waals surface area (Å²) in [7, 11) is 2.05. The Labute approximate surface area is 263 Å². The maximum atomic E-state index is 3.68. The zero-order chi connectivity index (χ0) is 29.4. The molecule has 0 saturated carbocycles. The second kappa shape index (κ2) is 23.9. The molecule has 3 heteroatoms. The summed E-state index contributed by atoms with van der Waals surface area (Å²) in [5, 5.41) is 0. The van der Waals surface area contributed by atoms with Crippen molar-refractivity contribution in [3.8, 4) is 0 Å². The van der Waals surface area contributed by atoms with Gasteiger partial charge in [-0.3, -0.25) is 0 Å². The molecule has 0 atom stereocenters. The Morgan fingerprint density at radius 2 is 1.02 bits per heavy atom. The third-order valence-corrected chi connectivity index (χ3v) is 9.02. The van der Waals surface area contributed by atoms with Crippen molar-refractivity contribution in [1.82, 2.24) is 0 Å². The zero-order valence-corrected chi connectivity index (χ0v) is 28.6. The fourth-order valence-corrected chi connectivity index (χ4v) is 6.23. The first-order valence-electron chi connectivity index (χ1n) is 17.3. The summed E-state index contributed by atoms with van der Waals surface area (Å²) in [4.78, 5) is 2.66. The summed E-state index contributed by atoms with van der Waals surface area (Å²) < 4.78 is 3.18. The number of anilines is 1. The van der Waals surface area contributed by atoms with Crippen molar-refractivity contribution in [2.45, 2.75) is 142 Å². The molecule has 0 aliphatic carbocycles. The molecule has 0 radical (unpaired) electrons. The van der Waals surface area contributed by atoms with Gasteiger partial charge in [-0.1, -0.05) is 154 Å². The van der Waals surface area contributed by atoms with Crippen LogP contribution in [0.15, 0.2) is 47.2 Å². The van der Waals surface area contributed by atoms with Crippen molar-refractivity contribution in [3.05, 3.63) is 58.3 Å². The van der Waals surface area contributed by atoms with E-state index in [1.807, 2.05) is 7.05 Å². The van der Waals surface area contributed by atoms with Gasteiger partial charge >= 0.3 is 0 Å². The fourth-order valence-electron chi connectivity index (χ4n) is 5.64. The Balaban J connectivity index is 1.80. The number of hydrogen-bond acceptors (Lipinski definition) is 1. The number of unbranched alkanes of at least 4 members (excludes halogenated alkanes) is 18. The van der Waals surface area contributed by atoms with Crippen LogP contribution in [0.1, 0.15) is 153 Å². The zero-order valence-electron chi connectivity index (χ0n) is 27.0. The quantitative estimate of drug-likeness (QED) is 0.0786. The van der Waals surface area contributed by atoms with Gasteiger partial charge < -0.3 is 4.90 Å². The van der Waals surface area contributed by atoms with Crippen molar-refractivity contribution in [3.63, 3.8) is 0 Å². The summed E-state index contributed by atoms with van der Waals surface area (Å²) in [5.41, 5.74) is 3.85. The van der Waals surface area contributed by atoms with Crippen molar-refractivity contribution in [1.29, 1.82) is 0 Å². The molecule has 2 nitrogen and oxygen atoms in total. The topological polar surface area (TPSA) is 7.12 Å². The highest BCUT2D eigenvalue weighted by atomic mass is 79.9. The lowest BCUT2D eigenvalue weighted by atomic mass is 10.1. The molecule has 1 aromatic carbocycles. The first kappa shape index (κ1) is 35.6. The Bertz CT molecular complexity index is 896. The van der Waals surface area contributed by atoms with E-state index in [9.17, 15) is 0 Å². The molecule has 0 bridgehead atoms. The third kappa shape index (κ3) is 17.2. The number of aryl methyl sites for hydroxylation is 1. The molecule has 0 amide bonds. The molecule has 0 spiro atoms. The predicted molar refractivity (Wildman–Crippen MR) is 187 cm³/mol. The van der Waals surface area contributed by atoms with Crippen LogP contribution in [0.5, 0.6) is 0 Å². The molecule has 0 aliphatic rings. The molecule has 0 aliphatic heterocycles. The van der Waals surface area contributed by atoms with Gasteiger partial charge in [0.05, 0.1) is 4.47 Å². The Morgan fingerprint density at radius 3 is 1.46 bits per heavy atom. The monoisotopic (exact) mass is 625 g/mol. The van der Waals surface area contributed by atoms with Gasteiger partial charge in [0.1, 0.15) is 7.05 Å². The SMILES string of the molecule is CCCCCCCCCCCCN(CCCCCCCCCCCC)c1ccc(/C=C/c2cc[n+](C)cc2Br)cc1. The number of aromatic nitrogens is 1. The molecule has 2 rings (SSSR count). The van der Waals surface area contributed by atoms with Crippen molar-refractivity contribution in [2.24, 2.45) is 7.05 Å². The van der Waals surface area contributed by atoms with Crippen LogP contribution in [0.4, 0.5) is 5.69 Å². The van der Waals surface area contributed by atoms with Gasteiger partial charge in [0.25, 0.3) is 0 Å². The number of rotatable bonds is 25. The van der Waals surface area contributed by atoms with E-state index in [0.29, 0.717) is 0 Å². The molecule has 0 unspecified atom stereocenters. The van der Waals surface area contributed by atoms with E-state index in [2.05, 4.69) is 94.1 Å². The van der Waals surface area contributed by atoms with Gasteiger partial charge in [0, 0.05) is 30.4 Å². The molecule has 230 valence electrons. The van der Waals surface area contributed by atoms with E-state index < -0.39 is 0 Å². The fraction of sp³-hybridized carbons (Fsp3) is 0.658. The number of nitrogens with zero attached hydrogens (tertiary/aromatic N) is 2. The van der Waals surface area contributed by atoms with E-state index in [-0.39, 0.29) is 0 Å². The van der Waals surface area contributed by atoms with Gasteiger partial charge in [-0.05, 0) is 46.5 Å². The summed E-state index contributed by atoms with van der Waals surface area (Å²) in [6, 6.07) is 11.4. The lowest BCUT2D eigenvalue weighted by molar-refractivity contribution is -0.672. The minimum absolute atomic E-state index is 1.12. The standard InChI is InChI=1S/C38H62BrN2/c1-4-6-8-10-12-14-16-18-20-22-31-41(32-23-21-19-17-15-13-11-9-7-5-2)37-28-25-35(26-29-37)24-27-36-30-33-40(3)34-38(36)39/h24-30,33-34H,4-23,31-32H2,1-3H3/q+1. The summed E-state index contributed by atoms with van der Waals surface area (Å²) in [6.45, 7) is 6.99. The van der Waals surface area contributed by atoms with E-state index in [1.165, 1.54) is 158 Å². The first-order chi connectivity index (χ1) is 20.1. The van der Waals surface area contributed by atoms with Crippen LogP contribution < -0.4 is 9.47 Å². The van der Waals surface area contributed by atoms with Gasteiger partial charge in [-0.2, -0.15) is 0 Å². The largest absolute Gasteiger partial charge is 0.372 e. The smallest absolute Gasteiger partial charge is 0.183 e. The van der Waals surface area contributed by atoms with Crippen LogP contribution in [-0.2, 0) is 7.05 Å². The second-order valence-corrected chi connectivity index (χ2v) is 13.0. The van der Waals surface area contributed by atoms with E-state index in [4.69, 9.17) is 0 Å². The Hall–Kier alpha value is -1.61. The Morgan fingerprint density at radius 1 is 0.585 bits per heavy atom. The van der Waals surface area contributed by atoms with Crippen LogP contribution >= 0.6 is 15.9 Å². The average Bonchev–Trinajstić information content (AvgIpc) is 2.98. The molecule has 2 aromatic rings. The highest BCUT2D eigenvalue weighted by Crippen LogP contribution is 2.21. The third-order valence-electron chi connectivity index (χ3n) is 8.36. The molecular weight excluding hydrogens is 564 g/mol. The minimum atomic E-state index is 1.12. The summed E-state index contributed by atoms with van der Waals surface area (Å²) >= 11 is 3.68.